The van der Waals surface area contributed by atoms with Crippen LogP contribution in [0.5, 0.6) is 5.75 Å². The summed E-state index contributed by atoms with van der Waals surface area (Å²) in [6, 6.07) is 10.6. The maximum Gasteiger partial charge on any atom is 0.433 e. The molecule has 0 saturated carbocycles. The summed E-state index contributed by atoms with van der Waals surface area (Å²) in [6.45, 7) is 0.286. The van der Waals surface area contributed by atoms with E-state index >= 15 is 0 Å². The van der Waals surface area contributed by atoms with Crippen molar-refractivity contribution in [3.63, 3.8) is 0 Å². The molecule has 5 nitrogen and oxygen atoms in total. The first-order valence-corrected chi connectivity index (χ1v) is 7.89. The highest BCUT2D eigenvalue weighted by Crippen LogP contribution is 2.30. The Morgan fingerprint density at radius 2 is 2.04 bits per heavy atom. The summed E-state index contributed by atoms with van der Waals surface area (Å²) in [4.78, 5) is 16.0. The van der Waals surface area contributed by atoms with Crippen LogP contribution in [0.3, 0.4) is 0 Å². The Morgan fingerprint density at radius 3 is 2.77 bits per heavy atom. The van der Waals surface area contributed by atoms with E-state index in [9.17, 15) is 18.0 Å². The van der Waals surface area contributed by atoms with E-state index < -0.39 is 23.3 Å². The number of amides is 1. The van der Waals surface area contributed by atoms with Crippen LogP contribution in [0.15, 0.2) is 42.5 Å². The zero-order valence-corrected chi connectivity index (χ0v) is 14.0. The second-order valence-corrected chi connectivity index (χ2v) is 6.15. The third-order valence-corrected chi connectivity index (χ3v) is 4.08. The van der Waals surface area contributed by atoms with Gasteiger partial charge >= 0.3 is 6.18 Å². The van der Waals surface area contributed by atoms with E-state index in [1.807, 2.05) is 24.3 Å². The number of hydrogen-bond donors (Lipinski definition) is 1. The number of halogens is 3. The Bertz CT molecular complexity index is 810. The molecule has 26 heavy (non-hydrogen) atoms. The summed E-state index contributed by atoms with van der Waals surface area (Å²) in [5.74, 6) is 0.00167. The van der Waals surface area contributed by atoms with Crippen molar-refractivity contribution < 1.29 is 27.4 Å². The van der Waals surface area contributed by atoms with E-state index in [0.29, 0.717) is 12.2 Å². The molecular formula is C18H17F3N2O3. The van der Waals surface area contributed by atoms with Crippen molar-refractivity contribution in [1.29, 1.82) is 0 Å². The number of para-hydroxylation sites is 1. The van der Waals surface area contributed by atoms with Gasteiger partial charge in [-0.15, -0.1) is 0 Å². The van der Waals surface area contributed by atoms with E-state index in [4.69, 9.17) is 9.47 Å². The summed E-state index contributed by atoms with van der Waals surface area (Å²) < 4.78 is 49.4. The molecule has 1 amide bonds. The minimum Gasteiger partial charge on any atom is -0.491 e. The molecule has 1 aliphatic rings. The van der Waals surface area contributed by atoms with E-state index in [1.54, 1.807) is 0 Å². The van der Waals surface area contributed by atoms with Crippen LogP contribution in [-0.2, 0) is 17.3 Å². The zero-order chi connectivity index (χ0) is 18.8. The molecule has 0 saturated heterocycles. The standard InChI is InChI=1S/C18H17F3N2O3/c1-25-10-17(9-12-5-2-3-7-14(12)26-11-17)23-16(24)13-6-4-8-15(22-13)18(19,20)21/h2-8H,9-11H2,1H3,(H,23,24). The van der Waals surface area contributed by atoms with Crippen LogP contribution in [-0.4, -0.2) is 36.8 Å². The minimum atomic E-state index is -4.62. The van der Waals surface area contributed by atoms with E-state index in [-0.39, 0.29) is 18.9 Å². The fourth-order valence-corrected chi connectivity index (χ4v) is 2.93. The van der Waals surface area contributed by atoms with Crippen LogP contribution in [0.2, 0.25) is 0 Å². The van der Waals surface area contributed by atoms with Crippen molar-refractivity contribution >= 4 is 5.91 Å². The normalized spacial score (nSPS) is 19.4. The lowest BCUT2D eigenvalue weighted by molar-refractivity contribution is -0.141. The number of methoxy groups -OCH3 is 1. The van der Waals surface area contributed by atoms with Gasteiger partial charge in [0.05, 0.1) is 6.61 Å². The molecule has 0 radical (unpaired) electrons. The van der Waals surface area contributed by atoms with Gasteiger partial charge in [0.25, 0.3) is 5.91 Å². The lowest BCUT2D eigenvalue weighted by Gasteiger charge is -2.38. The summed E-state index contributed by atoms with van der Waals surface area (Å²) >= 11 is 0. The van der Waals surface area contributed by atoms with Crippen molar-refractivity contribution in [2.24, 2.45) is 0 Å². The summed E-state index contributed by atoms with van der Waals surface area (Å²) in [7, 11) is 1.48. The summed E-state index contributed by atoms with van der Waals surface area (Å²) in [5, 5.41) is 2.75. The molecule has 1 aromatic heterocycles. The summed E-state index contributed by atoms with van der Waals surface area (Å²) in [5.41, 5.74) is -1.44. The average molecular weight is 366 g/mol. The Kier molecular flexibility index (Phi) is 4.86. The molecule has 3 rings (SSSR count). The largest absolute Gasteiger partial charge is 0.491 e. The molecule has 138 valence electrons. The number of nitrogens with zero attached hydrogens (tertiary/aromatic N) is 1. The number of carbonyl (C=O) groups excluding carboxylic acids is 1. The van der Waals surface area contributed by atoms with Crippen molar-refractivity contribution in [3.8, 4) is 5.75 Å². The van der Waals surface area contributed by atoms with Crippen LogP contribution < -0.4 is 10.1 Å². The van der Waals surface area contributed by atoms with E-state index in [0.717, 1.165) is 17.7 Å². The fourth-order valence-electron chi connectivity index (χ4n) is 2.93. The molecule has 0 aliphatic carbocycles. The van der Waals surface area contributed by atoms with E-state index in [1.165, 1.54) is 13.2 Å². The number of rotatable bonds is 4. The van der Waals surface area contributed by atoms with Crippen LogP contribution in [0.1, 0.15) is 21.7 Å². The van der Waals surface area contributed by atoms with Crippen molar-refractivity contribution in [2.75, 3.05) is 20.3 Å². The number of pyridine rings is 1. The third-order valence-electron chi connectivity index (χ3n) is 4.08. The van der Waals surface area contributed by atoms with Gasteiger partial charge in [-0.05, 0) is 23.8 Å². The topological polar surface area (TPSA) is 60.5 Å². The van der Waals surface area contributed by atoms with E-state index in [2.05, 4.69) is 10.3 Å². The molecule has 0 spiro atoms. The van der Waals surface area contributed by atoms with Gasteiger partial charge < -0.3 is 14.8 Å². The molecule has 1 unspecified atom stereocenters. The minimum absolute atomic E-state index is 0.141. The van der Waals surface area contributed by atoms with Crippen LogP contribution >= 0.6 is 0 Å². The number of fused-ring (bicyclic) bond motifs is 1. The van der Waals surface area contributed by atoms with Crippen molar-refractivity contribution in [2.45, 2.75) is 18.1 Å². The van der Waals surface area contributed by atoms with Gasteiger partial charge in [-0.1, -0.05) is 24.3 Å². The number of alkyl halides is 3. The molecule has 0 bridgehead atoms. The number of aromatic nitrogens is 1. The Hall–Kier alpha value is -2.61. The highest BCUT2D eigenvalue weighted by atomic mass is 19.4. The lowest BCUT2D eigenvalue weighted by atomic mass is 9.89. The van der Waals surface area contributed by atoms with Crippen LogP contribution in [0, 0.1) is 0 Å². The Balaban J connectivity index is 1.84. The first-order valence-electron chi connectivity index (χ1n) is 7.89. The third kappa shape index (κ3) is 3.80. The maximum atomic E-state index is 12.8. The van der Waals surface area contributed by atoms with Crippen LogP contribution in [0.4, 0.5) is 13.2 Å². The fraction of sp³-hybridized carbons (Fsp3) is 0.333. The quantitative estimate of drug-likeness (QED) is 0.904. The highest BCUT2D eigenvalue weighted by Gasteiger charge is 2.39. The molecule has 1 N–H and O–H groups in total. The smallest absolute Gasteiger partial charge is 0.433 e. The predicted molar refractivity (Wildman–Crippen MR) is 87.0 cm³/mol. The Morgan fingerprint density at radius 1 is 1.27 bits per heavy atom. The molecule has 0 fully saturated rings. The maximum absolute atomic E-state index is 12.8. The Labute approximate surface area is 148 Å². The van der Waals surface area contributed by atoms with Crippen molar-refractivity contribution in [3.05, 3.63) is 59.4 Å². The van der Waals surface area contributed by atoms with Gasteiger partial charge in [0.1, 0.15) is 29.3 Å². The predicted octanol–water partition coefficient (Wildman–Crippen LogP) is 2.85. The van der Waals surface area contributed by atoms with Gasteiger partial charge in [0.15, 0.2) is 0 Å². The number of carbonyl (C=O) groups is 1. The van der Waals surface area contributed by atoms with Crippen molar-refractivity contribution in [1.82, 2.24) is 10.3 Å². The van der Waals surface area contributed by atoms with Gasteiger partial charge in [0, 0.05) is 13.5 Å². The first kappa shape index (κ1) is 18.2. The van der Waals surface area contributed by atoms with Gasteiger partial charge in [-0.3, -0.25) is 4.79 Å². The number of ether oxygens (including phenoxy) is 2. The first-order chi connectivity index (χ1) is 12.3. The zero-order valence-electron chi connectivity index (χ0n) is 14.0. The number of nitrogens with one attached hydrogen (secondary N) is 1. The van der Waals surface area contributed by atoms with Crippen LogP contribution in [0.25, 0.3) is 0 Å². The monoisotopic (exact) mass is 366 g/mol. The van der Waals surface area contributed by atoms with Gasteiger partial charge in [0.2, 0.25) is 0 Å². The second kappa shape index (κ2) is 6.95. The number of benzene rings is 1. The van der Waals surface area contributed by atoms with Gasteiger partial charge in [-0.25, -0.2) is 4.98 Å². The lowest BCUT2D eigenvalue weighted by Crippen LogP contribution is -2.59. The average Bonchev–Trinajstić information content (AvgIpc) is 2.61. The number of hydrogen-bond acceptors (Lipinski definition) is 4. The van der Waals surface area contributed by atoms with Gasteiger partial charge in [-0.2, -0.15) is 13.2 Å². The molecule has 1 aliphatic heterocycles. The molecular weight excluding hydrogens is 349 g/mol. The molecule has 1 atom stereocenters. The molecule has 8 heteroatoms. The molecule has 1 aromatic carbocycles. The molecule has 2 heterocycles. The second-order valence-electron chi connectivity index (χ2n) is 6.15. The summed E-state index contributed by atoms with van der Waals surface area (Å²) in [6.07, 6.45) is -4.19. The highest BCUT2D eigenvalue weighted by molar-refractivity contribution is 5.93. The SMILES string of the molecule is COCC1(NC(=O)c2cccc(C(F)(F)F)n2)COc2ccccc2C1. The molecule has 2 aromatic rings.